The van der Waals surface area contributed by atoms with Crippen molar-refractivity contribution in [2.75, 3.05) is 0 Å². The molecule has 0 amide bonds. The van der Waals surface area contributed by atoms with Crippen molar-refractivity contribution in [3.05, 3.63) is 60.2 Å². The molecular formula is C24H33N3O7. The van der Waals surface area contributed by atoms with Crippen molar-refractivity contribution in [1.29, 1.82) is 0 Å². The van der Waals surface area contributed by atoms with Crippen LogP contribution in [0.4, 0.5) is 5.69 Å². The molecule has 0 spiro atoms. The smallest absolute Gasteiger partial charge is 0.269 e. The van der Waals surface area contributed by atoms with E-state index in [0.29, 0.717) is 51.4 Å². The van der Waals surface area contributed by atoms with Crippen LogP contribution in [0.3, 0.4) is 0 Å². The molecule has 0 atom stereocenters. The third kappa shape index (κ3) is 5.77. The van der Waals surface area contributed by atoms with E-state index in [1.54, 1.807) is 0 Å². The van der Waals surface area contributed by atoms with Gasteiger partial charge in [0.15, 0.2) is 5.78 Å². The maximum Gasteiger partial charge on any atom is 0.269 e. The minimum atomic E-state index is -1.28. The predicted octanol–water partition coefficient (Wildman–Crippen LogP) is 5.91. The topological polar surface area (TPSA) is 146 Å². The van der Waals surface area contributed by atoms with Crippen LogP contribution in [0, 0.1) is 36.3 Å². The number of carbonyl (C=O) groups excluding carboxylic acids is 1. The summed E-state index contributed by atoms with van der Waals surface area (Å²) in [5.41, 5.74) is -2.51. The highest BCUT2D eigenvalue weighted by atomic mass is 16.6. The van der Waals surface area contributed by atoms with Crippen molar-refractivity contribution in [2.45, 2.75) is 101 Å². The zero-order valence-corrected chi connectivity index (χ0v) is 19.5. The van der Waals surface area contributed by atoms with Gasteiger partial charge >= 0.3 is 0 Å². The second-order valence-corrected chi connectivity index (χ2v) is 10.1. The van der Waals surface area contributed by atoms with E-state index in [2.05, 4.69) is 0 Å². The van der Waals surface area contributed by atoms with E-state index in [-0.39, 0.29) is 33.9 Å². The van der Waals surface area contributed by atoms with Gasteiger partial charge in [0.2, 0.25) is 11.1 Å². The summed E-state index contributed by atoms with van der Waals surface area (Å²) >= 11 is 0. The lowest BCUT2D eigenvalue weighted by Gasteiger charge is -2.32. The number of non-ortho nitro benzene ring substituents is 1. The SMILES string of the molecule is O=C(c1ccc([N+](=O)[O-])cc1)C(CC1([N+](=O)[O-])CCCCCC1)CC1([N+](=O)[O-])CCCCCC1. The van der Waals surface area contributed by atoms with Crippen LogP contribution in [0.15, 0.2) is 24.3 Å². The normalized spacial score (nSPS) is 20.1. The zero-order valence-electron chi connectivity index (χ0n) is 19.5. The predicted molar refractivity (Wildman–Crippen MR) is 125 cm³/mol. The maximum atomic E-state index is 13.7. The summed E-state index contributed by atoms with van der Waals surface area (Å²) in [4.78, 5) is 48.2. The summed E-state index contributed by atoms with van der Waals surface area (Å²) in [5, 5.41) is 35.6. The van der Waals surface area contributed by atoms with Gasteiger partial charge in [-0.1, -0.05) is 25.7 Å². The number of rotatable bonds is 9. The second-order valence-electron chi connectivity index (χ2n) is 10.1. The van der Waals surface area contributed by atoms with Gasteiger partial charge < -0.3 is 0 Å². The van der Waals surface area contributed by atoms with E-state index in [9.17, 15) is 35.1 Å². The molecule has 2 saturated carbocycles. The summed E-state index contributed by atoms with van der Waals surface area (Å²) in [6, 6.07) is 5.17. The van der Waals surface area contributed by atoms with E-state index in [1.165, 1.54) is 24.3 Å². The molecule has 0 radical (unpaired) electrons. The first-order valence-electron chi connectivity index (χ1n) is 12.3. The molecular weight excluding hydrogens is 442 g/mol. The fraction of sp³-hybridized carbons (Fsp3) is 0.708. The lowest BCUT2D eigenvalue weighted by atomic mass is 9.72. The maximum absolute atomic E-state index is 13.7. The third-order valence-corrected chi connectivity index (χ3v) is 7.83. The molecule has 0 bridgehead atoms. The van der Waals surface area contributed by atoms with Gasteiger partial charge in [0.05, 0.1) is 4.92 Å². The van der Waals surface area contributed by atoms with Gasteiger partial charge in [0.25, 0.3) is 5.69 Å². The highest BCUT2D eigenvalue weighted by molar-refractivity contribution is 5.98. The molecule has 0 aliphatic heterocycles. The van der Waals surface area contributed by atoms with Crippen molar-refractivity contribution in [3.8, 4) is 0 Å². The van der Waals surface area contributed by atoms with Crippen molar-refractivity contribution in [1.82, 2.24) is 0 Å². The number of ketones is 1. The molecule has 0 N–H and O–H groups in total. The summed E-state index contributed by atoms with van der Waals surface area (Å²) in [6.07, 6.45) is 7.72. The number of carbonyl (C=O) groups is 1. The highest BCUT2D eigenvalue weighted by Crippen LogP contribution is 2.42. The lowest BCUT2D eigenvalue weighted by molar-refractivity contribution is -0.581. The third-order valence-electron chi connectivity index (χ3n) is 7.83. The van der Waals surface area contributed by atoms with Crippen LogP contribution in [0.2, 0.25) is 0 Å². The van der Waals surface area contributed by atoms with Crippen LogP contribution >= 0.6 is 0 Å². The van der Waals surface area contributed by atoms with Crippen LogP contribution in [0.25, 0.3) is 0 Å². The van der Waals surface area contributed by atoms with E-state index in [0.717, 1.165) is 25.7 Å². The Morgan fingerprint density at radius 2 is 1.09 bits per heavy atom. The van der Waals surface area contributed by atoms with Crippen LogP contribution in [0.1, 0.15) is 100 Å². The Bertz CT molecular complexity index is 860. The van der Waals surface area contributed by atoms with Gasteiger partial charge in [0, 0.05) is 72.0 Å². The average Bonchev–Trinajstić information content (AvgIpc) is 3.20. The van der Waals surface area contributed by atoms with Crippen molar-refractivity contribution >= 4 is 11.5 Å². The largest absolute Gasteiger partial charge is 0.294 e. The molecule has 3 rings (SSSR count). The molecule has 0 aromatic heterocycles. The molecule has 34 heavy (non-hydrogen) atoms. The summed E-state index contributed by atoms with van der Waals surface area (Å²) < 4.78 is 0. The van der Waals surface area contributed by atoms with E-state index < -0.39 is 27.7 Å². The quantitative estimate of drug-likeness (QED) is 0.186. The standard InChI is InChI=1S/C24H33N3O7/c28-22(19-9-11-21(12-10-19)25(29)30)20(17-23(26(31)32)13-5-1-2-6-14-23)18-24(27(33)34)15-7-3-4-8-16-24/h9-12,20H,1-8,13-18H2. The Balaban J connectivity index is 1.99. The number of benzene rings is 1. The molecule has 2 fully saturated rings. The first kappa shape index (κ1) is 25.7. The van der Waals surface area contributed by atoms with Crippen LogP contribution < -0.4 is 0 Å². The molecule has 0 unspecified atom stereocenters. The summed E-state index contributed by atoms with van der Waals surface area (Å²) in [6.45, 7) is 0. The van der Waals surface area contributed by atoms with Crippen molar-refractivity contribution < 1.29 is 19.6 Å². The van der Waals surface area contributed by atoms with Gasteiger partial charge in [-0.25, -0.2) is 0 Å². The van der Waals surface area contributed by atoms with E-state index in [1.807, 2.05) is 0 Å². The highest BCUT2D eigenvalue weighted by Gasteiger charge is 2.51. The molecule has 10 heteroatoms. The molecule has 0 heterocycles. The summed E-state index contributed by atoms with van der Waals surface area (Å²) in [5.74, 6) is -1.29. The van der Waals surface area contributed by atoms with Gasteiger partial charge in [-0.2, -0.15) is 0 Å². The van der Waals surface area contributed by atoms with Crippen LogP contribution in [0.5, 0.6) is 0 Å². The van der Waals surface area contributed by atoms with E-state index in [4.69, 9.17) is 0 Å². The molecule has 1 aromatic carbocycles. The lowest BCUT2D eigenvalue weighted by Crippen LogP contribution is -2.46. The van der Waals surface area contributed by atoms with Gasteiger partial charge in [-0.15, -0.1) is 0 Å². The Morgan fingerprint density at radius 1 is 0.706 bits per heavy atom. The fourth-order valence-corrected chi connectivity index (χ4v) is 5.85. The Kier molecular flexibility index (Phi) is 8.33. The number of hydrogen-bond donors (Lipinski definition) is 0. The Morgan fingerprint density at radius 3 is 1.41 bits per heavy atom. The van der Waals surface area contributed by atoms with Gasteiger partial charge in [-0.05, 0) is 37.8 Å². The second kappa shape index (κ2) is 11.0. The van der Waals surface area contributed by atoms with Gasteiger partial charge in [0.1, 0.15) is 0 Å². The number of nitrogens with zero attached hydrogens (tertiary/aromatic N) is 3. The van der Waals surface area contributed by atoms with Crippen molar-refractivity contribution in [2.24, 2.45) is 5.92 Å². The summed E-state index contributed by atoms with van der Waals surface area (Å²) in [7, 11) is 0. The number of Topliss-reactive ketones (excluding diaryl/α,β-unsaturated/α-hetero) is 1. The van der Waals surface area contributed by atoms with Gasteiger partial charge in [-0.3, -0.25) is 35.1 Å². The fourth-order valence-electron chi connectivity index (χ4n) is 5.85. The monoisotopic (exact) mass is 475 g/mol. The van der Waals surface area contributed by atoms with E-state index >= 15 is 0 Å². The molecule has 1 aromatic rings. The minimum Gasteiger partial charge on any atom is -0.294 e. The Hall–Kier alpha value is -2.91. The molecule has 10 nitrogen and oxygen atoms in total. The molecule has 0 saturated heterocycles. The zero-order chi connectivity index (χ0) is 24.8. The first-order valence-corrected chi connectivity index (χ1v) is 12.3. The molecule has 2 aliphatic carbocycles. The average molecular weight is 476 g/mol. The van der Waals surface area contributed by atoms with Crippen molar-refractivity contribution in [3.63, 3.8) is 0 Å². The Labute approximate surface area is 198 Å². The minimum absolute atomic E-state index is 0.0363. The number of nitro benzene ring substituents is 1. The molecule has 186 valence electrons. The first-order chi connectivity index (χ1) is 16.2. The van der Waals surface area contributed by atoms with Crippen LogP contribution in [-0.4, -0.2) is 31.6 Å². The number of hydrogen-bond acceptors (Lipinski definition) is 7. The van der Waals surface area contributed by atoms with Crippen LogP contribution in [-0.2, 0) is 0 Å². The number of nitro groups is 3. The molecule has 2 aliphatic rings.